The number of halogens is 2. The van der Waals surface area contributed by atoms with Crippen LogP contribution in [0.4, 0.5) is 0 Å². The lowest BCUT2D eigenvalue weighted by Gasteiger charge is -2.11. The average molecular weight is 476 g/mol. The maximum absolute atomic E-state index is 6.29. The summed E-state index contributed by atoms with van der Waals surface area (Å²) in [6.07, 6.45) is 5.20. The van der Waals surface area contributed by atoms with Crippen LogP contribution < -0.4 is 4.74 Å². The highest BCUT2D eigenvalue weighted by Crippen LogP contribution is 2.31. The van der Waals surface area contributed by atoms with Crippen LogP contribution in [0, 0.1) is 11.8 Å². The minimum absolute atomic E-state index is 0.265. The second-order valence-electron chi connectivity index (χ2n) is 6.61. The summed E-state index contributed by atoms with van der Waals surface area (Å²) in [6.45, 7) is 2.31. The van der Waals surface area contributed by atoms with E-state index < -0.39 is 0 Å². The standard InChI is InChI=1S/C23H23Cl2N3O4/c1-29-8-9-32-11-10-31-7-3-4-17-19-13-27-28-22(16(19)5-6-23(17)30-2)12-18-20(24)14-26-15-21(18)25/h5-6,13-15H,7-12H2,1-2H3. The molecule has 0 atom stereocenters. The van der Waals surface area contributed by atoms with Crippen molar-refractivity contribution in [1.82, 2.24) is 15.2 Å². The first-order valence-corrected chi connectivity index (χ1v) is 10.6. The summed E-state index contributed by atoms with van der Waals surface area (Å²) in [5, 5.41) is 11.1. The van der Waals surface area contributed by atoms with E-state index in [1.165, 1.54) is 0 Å². The zero-order valence-corrected chi connectivity index (χ0v) is 19.4. The van der Waals surface area contributed by atoms with Crippen molar-refractivity contribution in [2.45, 2.75) is 6.42 Å². The Morgan fingerprint density at radius 3 is 2.41 bits per heavy atom. The molecule has 0 fully saturated rings. The van der Waals surface area contributed by atoms with Crippen LogP contribution in [0.25, 0.3) is 10.8 Å². The van der Waals surface area contributed by atoms with Crippen LogP contribution in [0.2, 0.25) is 10.0 Å². The summed E-state index contributed by atoms with van der Waals surface area (Å²) >= 11 is 12.6. The lowest BCUT2D eigenvalue weighted by molar-refractivity contribution is 0.0324. The van der Waals surface area contributed by atoms with E-state index in [2.05, 4.69) is 27.0 Å². The molecule has 7 nitrogen and oxygen atoms in total. The van der Waals surface area contributed by atoms with Crippen molar-refractivity contribution in [3.63, 3.8) is 0 Å². The summed E-state index contributed by atoms with van der Waals surface area (Å²) in [7, 11) is 3.24. The zero-order valence-electron chi connectivity index (χ0n) is 17.9. The molecule has 0 bridgehead atoms. The van der Waals surface area contributed by atoms with Crippen molar-refractivity contribution in [2.24, 2.45) is 0 Å². The van der Waals surface area contributed by atoms with Gasteiger partial charge in [0.25, 0.3) is 0 Å². The number of methoxy groups -OCH3 is 2. The molecule has 0 aliphatic carbocycles. The van der Waals surface area contributed by atoms with Gasteiger partial charge in [0, 0.05) is 36.7 Å². The van der Waals surface area contributed by atoms with Gasteiger partial charge in [0.05, 0.1) is 61.0 Å². The maximum Gasteiger partial charge on any atom is 0.135 e. The van der Waals surface area contributed by atoms with Gasteiger partial charge in [-0.05, 0) is 17.7 Å². The molecule has 9 heteroatoms. The summed E-state index contributed by atoms with van der Waals surface area (Å²) < 4.78 is 21.3. The third-order valence-corrected chi connectivity index (χ3v) is 5.24. The summed E-state index contributed by atoms with van der Waals surface area (Å²) in [4.78, 5) is 4.00. The van der Waals surface area contributed by atoms with E-state index in [-0.39, 0.29) is 6.61 Å². The van der Waals surface area contributed by atoms with Gasteiger partial charge in [-0.25, -0.2) is 0 Å². The van der Waals surface area contributed by atoms with Gasteiger partial charge < -0.3 is 18.9 Å². The maximum atomic E-state index is 6.29. The topological polar surface area (TPSA) is 75.6 Å². The summed E-state index contributed by atoms with van der Waals surface area (Å²) in [5.41, 5.74) is 2.19. The number of pyridine rings is 1. The minimum atomic E-state index is 0.265. The van der Waals surface area contributed by atoms with Gasteiger partial charge in [0.15, 0.2) is 0 Å². The highest BCUT2D eigenvalue weighted by molar-refractivity contribution is 6.35. The fraction of sp³-hybridized carbons (Fsp3) is 0.348. The van der Waals surface area contributed by atoms with Gasteiger partial charge in [-0.3, -0.25) is 4.98 Å². The molecule has 0 saturated heterocycles. The Hall–Kier alpha value is -2.47. The Morgan fingerprint density at radius 2 is 1.66 bits per heavy atom. The lowest BCUT2D eigenvalue weighted by Crippen LogP contribution is -2.08. The SMILES string of the molecule is COCCOCCOCC#Cc1c(OC)ccc2c(Cc3c(Cl)cncc3Cl)nncc12. The highest BCUT2D eigenvalue weighted by atomic mass is 35.5. The summed E-state index contributed by atoms with van der Waals surface area (Å²) in [5.74, 6) is 6.81. The van der Waals surface area contributed by atoms with Crippen LogP contribution in [0.5, 0.6) is 5.75 Å². The van der Waals surface area contributed by atoms with Crippen LogP contribution in [-0.2, 0) is 20.6 Å². The quantitative estimate of drug-likeness (QED) is 0.324. The molecule has 3 rings (SSSR count). The van der Waals surface area contributed by atoms with E-state index in [1.807, 2.05) is 12.1 Å². The molecule has 0 unspecified atom stereocenters. The lowest BCUT2D eigenvalue weighted by atomic mass is 10.0. The number of benzene rings is 1. The van der Waals surface area contributed by atoms with E-state index in [9.17, 15) is 0 Å². The number of fused-ring (bicyclic) bond motifs is 1. The highest BCUT2D eigenvalue weighted by Gasteiger charge is 2.14. The first kappa shape index (κ1) is 24.2. The van der Waals surface area contributed by atoms with Gasteiger partial charge in [-0.2, -0.15) is 10.2 Å². The number of aromatic nitrogens is 3. The van der Waals surface area contributed by atoms with Crippen LogP contribution in [-0.4, -0.2) is 62.4 Å². The minimum Gasteiger partial charge on any atom is -0.495 e. The zero-order chi connectivity index (χ0) is 22.8. The first-order valence-electron chi connectivity index (χ1n) is 9.88. The van der Waals surface area contributed by atoms with Gasteiger partial charge in [0.1, 0.15) is 12.4 Å². The van der Waals surface area contributed by atoms with E-state index >= 15 is 0 Å². The molecule has 168 valence electrons. The Morgan fingerprint density at radius 1 is 0.906 bits per heavy atom. The molecular weight excluding hydrogens is 453 g/mol. The van der Waals surface area contributed by atoms with E-state index in [4.69, 9.17) is 42.1 Å². The molecule has 32 heavy (non-hydrogen) atoms. The molecule has 2 aromatic heterocycles. The monoisotopic (exact) mass is 475 g/mol. The second kappa shape index (κ2) is 12.5. The van der Waals surface area contributed by atoms with E-state index in [0.29, 0.717) is 54.2 Å². The fourth-order valence-electron chi connectivity index (χ4n) is 3.01. The molecule has 2 heterocycles. The molecule has 0 aliphatic rings. The molecule has 0 spiro atoms. The second-order valence-corrected chi connectivity index (χ2v) is 7.43. The van der Waals surface area contributed by atoms with Crippen LogP contribution >= 0.6 is 23.2 Å². The smallest absolute Gasteiger partial charge is 0.135 e. The Kier molecular flexibility index (Phi) is 9.47. The number of rotatable bonds is 10. The van der Waals surface area contributed by atoms with Gasteiger partial charge in [0.2, 0.25) is 0 Å². The molecule has 3 aromatic rings. The number of hydrogen-bond donors (Lipinski definition) is 0. The van der Waals surface area contributed by atoms with Crippen molar-refractivity contribution in [1.29, 1.82) is 0 Å². The molecule has 1 aromatic carbocycles. The molecule has 0 amide bonds. The van der Waals surface area contributed by atoms with Gasteiger partial charge in [-0.15, -0.1) is 0 Å². The van der Waals surface area contributed by atoms with Crippen molar-refractivity contribution in [3.8, 4) is 17.6 Å². The van der Waals surface area contributed by atoms with Crippen molar-refractivity contribution in [3.05, 3.63) is 57.6 Å². The number of nitrogens with zero attached hydrogens (tertiary/aromatic N) is 3. The van der Waals surface area contributed by atoms with E-state index in [0.717, 1.165) is 22.0 Å². The van der Waals surface area contributed by atoms with Crippen LogP contribution in [0.1, 0.15) is 16.8 Å². The first-order chi connectivity index (χ1) is 15.7. The molecule has 0 saturated carbocycles. The largest absolute Gasteiger partial charge is 0.495 e. The predicted molar refractivity (Wildman–Crippen MR) is 124 cm³/mol. The summed E-state index contributed by atoms with van der Waals surface area (Å²) in [6, 6.07) is 3.79. The third-order valence-electron chi connectivity index (χ3n) is 4.59. The molecule has 0 aliphatic heterocycles. The predicted octanol–water partition coefficient (Wildman–Crippen LogP) is 3.96. The third kappa shape index (κ3) is 6.28. The Bertz CT molecular complexity index is 1100. The Balaban J connectivity index is 1.79. The molecule has 0 N–H and O–H groups in total. The van der Waals surface area contributed by atoms with Crippen LogP contribution in [0.3, 0.4) is 0 Å². The Labute approximate surface area is 197 Å². The van der Waals surface area contributed by atoms with Crippen molar-refractivity contribution < 1.29 is 18.9 Å². The fourth-order valence-corrected chi connectivity index (χ4v) is 3.51. The van der Waals surface area contributed by atoms with Crippen molar-refractivity contribution in [2.75, 3.05) is 47.3 Å². The number of ether oxygens (including phenoxy) is 4. The van der Waals surface area contributed by atoms with Gasteiger partial charge >= 0.3 is 0 Å². The van der Waals surface area contributed by atoms with Crippen molar-refractivity contribution >= 4 is 34.0 Å². The normalized spacial score (nSPS) is 10.8. The van der Waals surface area contributed by atoms with Gasteiger partial charge in [-0.1, -0.05) is 35.0 Å². The van der Waals surface area contributed by atoms with E-state index in [1.54, 1.807) is 32.8 Å². The molecular formula is C23H23Cl2N3O4. The average Bonchev–Trinajstić information content (AvgIpc) is 2.80. The number of hydrogen-bond acceptors (Lipinski definition) is 7. The van der Waals surface area contributed by atoms with Crippen LogP contribution in [0.15, 0.2) is 30.7 Å². The molecule has 0 radical (unpaired) electrons.